The molecule has 0 saturated carbocycles. The van der Waals surface area contributed by atoms with Crippen LogP contribution in [-0.2, 0) is 9.53 Å². The molecule has 3 N–H and O–H groups in total. The fourth-order valence-corrected chi connectivity index (χ4v) is 1.26. The molecule has 1 amide bonds. The third-order valence-corrected chi connectivity index (χ3v) is 1.90. The molecule has 4 heteroatoms. The standard InChI is InChI=1S/C7H14N2O2/c1-7(2)4-3-5(11-7)6(10)9-8/h5H,3-4,8H2,1-2H3,(H,9,10)/t5-/m0/s1. The lowest BCUT2D eigenvalue weighted by molar-refractivity contribution is -0.135. The van der Waals surface area contributed by atoms with Gasteiger partial charge in [-0.05, 0) is 26.7 Å². The number of nitrogens with one attached hydrogen (secondary N) is 1. The molecule has 0 aromatic carbocycles. The van der Waals surface area contributed by atoms with Crippen molar-refractivity contribution in [2.45, 2.75) is 38.4 Å². The van der Waals surface area contributed by atoms with Gasteiger partial charge in [0.15, 0.2) is 0 Å². The van der Waals surface area contributed by atoms with Crippen LogP contribution >= 0.6 is 0 Å². The number of amides is 1. The summed E-state index contributed by atoms with van der Waals surface area (Å²) in [6.07, 6.45) is 1.32. The maximum Gasteiger partial charge on any atom is 0.263 e. The fourth-order valence-electron chi connectivity index (χ4n) is 1.26. The summed E-state index contributed by atoms with van der Waals surface area (Å²) in [4.78, 5) is 10.9. The third-order valence-electron chi connectivity index (χ3n) is 1.90. The number of nitrogens with two attached hydrogens (primary N) is 1. The van der Waals surface area contributed by atoms with Crippen LogP contribution in [-0.4, -0.2) is 17.6 Å². The lowest BCUT2D eigenvalue weighted by Crippen LogP contribution is -2.39. The van der Waals surface area contributed by atoms with Gasteiger partial charge in [-0.25, -0.2) is 5.84 Å². The molecular weight excluding hydrogens is 144 g/mol. The quantitative estimate of drug-likeness (QED) is 0.319. The predicted molar refractivity (Wildman–Crippen MR) is 40.5 cm³/mol. The van der Waals surface area contributed by atoms with E-state index in [4.69, 9.17) is 10.6 Å². The number of ether oxygens (including phenoxy) is 1. The number of carbonyl (C=O) groups excluding carboxylic acids is 1. The Kier molecular flexibility index (Phi) is 2.15. The molecule has 0 radical (unpaired) electrons. The normalized spacial score (nSPS) is 28.5. The third kappa shape index (κ3) is 1.91. The molecule has 1 atom stereocenters. The lowest BCUT2D eigenvalue weighted by Gasteiger charge is -2.17. The molecule has 1 rings (SSSR count). The highest BCUT2D eigenvalue weighted by Crippen LogP contribution is 2.28. The topological polar surface area (TPSA) is 64.4 Å². The van der Waals surface area contributed by atoms with Gasteiger partial charge in [0.1, 0.15) is 6.10 Å². The first-order valence-electron chi connectivity index (χ1n) is 3.73. The molecule has 1 fully saturated rings. The molecule has 0 aromatic heterocycles. The summed E-state index contributed by atoms with van der Waals surface area (Å²) in [5.41, 5.74) is 1.91. The molecule has 0 bridgehead atoms. The Morgan fingerprint density at radius 1 is 1.73 bits per heavy atom. The summed E-state index contributed by atoms with van der Waals surface area (Å²) in [5, 5.41) is 0. The van der Waals surface area contributed by atoms with Crippen LogP contribution in [0.15, 0.2) is 0 Å². The largest absolute Gasteiger partial charge is 0.362 e. The van der Waals surface area contributed by atoms with Crippen molar-refractivity contribution in [2.75, 3.05) is 0 Å². The van der Waals surface area contributed by atoms with Crippen LogP contribution in [0.25, 0.3) is 0 Å². The van der Waals surface area contributed by atoms with Gasteiger partial charge in [0.2, 0.25) is 0 Å². The highest BCUT2D eigenvalue weighted by Gasteiger charge is 2.35. The van der Waals surface area contributed by atoms with E-state index in [2.05, 4.69) is 5.43 Å². The SMILES string of the molecule is CC1(C)CC[C@@H](C(=O)NN)O1. The number of hydrogen-bond acceptors (Lipinski definition) is 3. The van der Waals surface area contributed by atoms with Gasteiger partial charge in [-0.3, -0.25) is 10.2 Å². The number of carbonyl (C=O) groups is 1. The second kappa shape index (κ2) is 2.79. The van der Waals surface area contributed by atoms with Gasteiger partial charge < -0.3 is 4.74 Å². The average Bonchev–Trinajstić information content (AvgIpc) is 2.29. The van der Waals surface area contributed by atoms with Gasteiger partial charge in [-0.15, -0.1) is 0 Å². The summed E-state index contributed by atoms with van der Waals surface area (Å²) < 4.78 is 5.41. The van der Waals surface area contributed by atoms with E-state index in [9.17, 15) is 4.79 Å². The molecule has 0 aromatic rings. The first-order valence-corrected chi connectivity index (χ1v) is 3.73. The first kappa shape index (κ1) is 8.49. The van der Waals surface area contributed by atoms with Crippen molar-refractivity contribution in [3.63, 3.8) is 0 Å². The van der Waals surface area contributed by atoms with E-state index in [1.165, 1.54) is 0 Å². The maximum atomic E-state index is 10.9. The van der Waals surface area contributed by atoms with E-state index < -0.39 is 0 Å². The fraction of sp³-hybridized carbons (Fsp3) is 0.857. The monoisotopic (exact) mass is 158 g/mol. The summed E-state index contributed by atoms with van der Waals surface area (Å²) in [7, 11) is 0. The minimum Gasteiger partial charge on any atom is -0.362 e. The zero-order valence-electron chi connectivity index (χ0n) is 6.89. The zero-order valence-corrected chi connectivity index (χ0v) is 6.89. The Labute approximate surface area is 66.1 Å². The van der Waals surface area contributed by atoms with Crippen molar-refractivity contribution >= 4 is 5.91 Å². The van der Waals surface area contributed by atoms with Crippen LogP contribution in [0.4, 0.5) is 0 Å². The number of hydrogen-bond donors (Lipinski definition) is 2. The molecule has 1 aliphatic rings. The van der Waals surface area contributed by atoms with E-state index in [1.807, 2.05) is 13.8 Å². The van der Waals surface area contributed by atoms with Gasteiger partial charge in [-0.1, -0.05) is 0 Å². The lowest BCUT2D eigenvalue weighted by atomic mass is 10.1. The molecule has 0 aliphatic carbocycles. The highest BCUT2D eigenvalue weighted by molar-refractivity contribution is 5.80. The molecule has 1 saturated heterocycles. The van der Waals surface area contributed by atoms with Crippen molar-refractivity contribution < 1.29 is 9.53 Å². The van der Waals surface area contributed by atoms with E-state index in [0.29, 0.717) is 0 Å². The summed E-state index contributed by atoms with van der Waals surface area (Å²) in [6.45, 7) is 3.94. The van der Waals surface area contributed by atoms with Crippen LogP contribution in [0.3, 0.4) is 0 Å². The van der Waals surface area contributed by atoms with E-state index in [1.54, 1.807) is 0 Å². The smallest absolute Gasteiger partial charge is 0.263 e. The minimum atomic E-state index is -0.352. The number of hydrazine groups is 1. The van der Waals surface area contributed by atoms with Crippen molar-refractivity contribution in [1.82, 2.24) is 5.43 Å². The zero-order chi connectivity index (χ0) is 8.48. The van der Waals surface area contributed by atoms with E-state index in [0.717, 1.165) is 12.8 Å². The Hall–Kier alpha value is -0.610. The van der Waals surface area contributed by atoms with Crippen LogP contribution in [0, 0.1) is 0 Å². The second-order valence-corrected chi connectivity index (χ2v) is 3.41. The van der Waals surface area contributed by atoms with Gasteiger partial charge in [-0.2, -0.15) is 0 Å². The molecule has 0 spiro atoms. The van der Waals surface area contributed by atoms with Crippen LogP contribution in [0.5, 0.6) is 0 Å². The Morgan fingerprint density at radius 2 is 2.36 bits per heavy atom. The van der Waals surface area contributed by atoms with Crippen molar-refractivity contribution in [3.8, 4) is 0 Å². The van der Waals surface area contributed by atoms with Crippen molar-refractivity contribution in [2.24, 2.45) is 5.84 Å². The van der Waals surface area contributed by atoms with Crippen LogP contribution in [0.1, 0.15) is 26.7 Å². The van der Waals surface area contributed by atoms with Gasteiger partial charge in [0.05, 0.1) is 5.60 Å². The Balaban J connectivity index is 2.48. The van der Waals surface area contributed by atoms with Gasteiger partial charge in [0.25, 0.3) is 5.91 Å². The van der Waals surface area contributed by atoms with Gasteiger partial charge in [0, 0.05) is 0 Å². The summed E-state index contributed by atoms with van der Waals surface area (Å²) >= 11 is 0. The maximum absolute atomic E-state index is 10.9. The highest BCUT2D eigenvalue weighted by atomic mass is 16.5. The van der Waals surface area contributed by atoms with E-state index >= 15 is 0 Å². The average molecular weight is 158 g/mol. The Bertz CT molecular complexity index is 168. The molecule has 11 heavy (non-hydrogen) atoms. The van der Waals surface area contributed by atoms with Crippen molar-refractivity contribution in [3.05, 3.63) is 0 Å². The van der Waals surface area contributed by atoms with Gasteiger partial charge >= 0.3 is 0 Å². The molecular formula is C7H14N2O2. The second-order valence-electron chi connectivity index (χ2n) is 3.41. The minimum absolute atomic E-state index is 0.169. The summed E-state index contributed by atoms with van der Waals surface area (Å²) in [5.74, 6) is 4.73. The van der Waals surface area contributed by atoms with Crippen molar-refractivity contribution in [1.29, 1.82) is 0 Å². The Morgan fingerprint density at radius 3 is 2.73 bits per heavy atom. The molecule has 1 aliphatic heterocycles. The van der Waals surface area contributed by atoms with Crippen LogP contribution in [0.2, 0.25) is 0 Å². The molecule has 64 valence electrons. The molecule has 1 heterocycles. The summed E-state index contributed by atoms with van der Waals surface area (Å²) in [6, 6.07) is 0. The molecule has 4 nitrogen and oxygen atoms in total. The first-order chi connectivity index (χ1) is 5.05. The van der Waals surface area contributed by atoms with Crippen LogP contribution < -0.4 is 11.3 Å². The number of rotatable bonds is 1. The molecule has 0 unspecified atom stereocenters. The predicted octanol–water partition coefficient (Wildman–Crippen LogP) is -0.0661. The van der Waals surface area contributed by atoms with E-state index in [-0.39, 0.29) is 17.6 Å².